The molecule has 0 radical (unpaired) electrons. The molecule has 36 heavy (non-hydrogen) atoms. The normalized spacial score (nSPS) is 12.1. The van der Waals surface area contributed by atoms with Crippen LogP contribution >= 0.6 is 15.9 Å². The molecule has 0 saturated carbocycles. The fraction of sp³-hybridized carbons (Fsp3) is 0.304. The van der Waals surface area contributed by atoms with Gasteiger partial charge in [-0.25, -0.2) is 5.43 Å². The number of hydrogen-bond donors (Lipinski definition) is 3. The smallest absolute Gasteiger partial charge is 0.418 e. The molecule has 0 bridgehead atoms. The monoisotopic (exact) mass is 572 g/mol. The number of rotatable bonds is 9. The Morgan fingerprint density at radius 2 is 1.83 bits per heavy atom. The van der Waals surface area contributed by atoms with E-state index in [1.807, 2.05) is 6.92 Å². The fourth-order valence-corrected chi connectivity index (χ4v) is 3.04. The van der Waals surface area contributed by atoms with E-state index >= 15 is 0 Å². The van der Waals surface area contributed by atoms with Crippen molar-refractivity contribution in [3.63, 3.8) is 0 Å². The summed E-state index contributed by atoms with van der Waals surface area (Å²) in [5.74, 6) is -2.20. The highest BCUT2D eigenvalue weighted by Crippen LogP contribution is 2.36. The molecule has 1 atom stereocenters. The number of hydrogen-bond acceptors (Lipinski definition) is 6. The van der Waals surface area contributed by atoms with Crippen LogP contribution in [0.1, 0.15) is 31.4 Å². The van der Waals surface area contributed by atoms with Crippen LogP contribution in [0.15, 0.2) is 46.0 Å². The van der Waals surface area contributed by atoms with E-state index in [1.165, 1.54) is 37.6 Å². The highest BCUT2D eigenvalue weighted by atomic mass is 79.9. The second-order valence-corrected chi connectivity index (χ2v) is 8.33. The molecule has 0 fully saturated rings. The highest BCUT2D eigenvalue weighted by Gasteiger charge is 2.34. The maximum atomic E-state index is 13.2. The van der Waals surface area contributed by atoms with Gasteiger partial charge in [0.15, 0.2) is 18.1 Å². The predicted molar refractivity (Wildman–Crippen MR) is 130 cm³/mol. The number of halogens is 4. The zero-order valence-corrected chi connectivity index (χ0v) is 21.1. The van der Waals surface area contributed by atoms with Crippen molar-refractivity contribution >= 4 is 45.6 Å². The molecule has 9 nitrogen and oxygen atoms in total. The van der Waals surface area contributed by atoms with E-state index < -0.39 is 41.8 Å². The minimum atomic E-state index is -4.66. The maximum absolute atomic E-state index is 13.2. The van der Waals surface area contributed by atoms with Gasteiger partial charge in [0.2, 0.25) is 0 Å². The van der Waals surface area contributed by atoms with Crippen LogP contribution in [-0.2, 0) is 20.6 Å². The van der Waals surface area contributed by atoms with Gasteiger partial charge in [-0.1, -0.05) is 22.9 Å². The lowest BCUT2D eigenvalue weighted by atomic mass is 10.1. The summed E-state index contributed by atoms with van der Waals surface area (Å²) in [6.45, 7) is 3.04. The van der Waals surface area contributed by atoms with E-state index in [9.17, 15) is 27.6 Å². The number of hydrazone groups is 1. The topological polar surface area (TPSA) is 118 Å². The molecule has 0 aliphatic carbocycles. The van der Waals surface area contributed by atoms with Gasteiger partial charge >= 0.3 is 18.0 Å². The van der Waals surface area contributed by atoms with Gasteiger partial charge in [0.25, 0.3) is 5.91 Å². The zero-order valence-electron chi connectivity index (χ0n) is 19.5. The van der Waals surface area contributed by atoms with Crippen molar-refractivity contribution in [2.45, 2.75) is 32.5 Å². The number of nitrogens with one attached hydrogen (secondary N) is 3. The zero-order chi connectivity index (χ0) is 26.9. The lowest BCUT2D eigenvalue weighted by molar-refractivity contribution is -0.139. The van der Waals surface area contributed by atoms with Crippen molar-refractivity contribution in [2.24, 2.45) is 5.10 Å². The predicted octanol–water partition coefficient (Wildman–Crippen LogP) is 3.86. The van der Waals surface area contributed by atoms with Crippen molar-refractivity contribution in [3.8, 4) is 11.5 Å². The Morgan fingerprint density at radius 3 is 2.47 bits per heavy atom. The van der Waals surface area contributed by atoms with Crippen LogP contribution in [0.25, 0.3) is 0 Å². The lowest BCUT2D eigenvalue weighted by Gasteiger charge is -2.15. The van der Waals surface area contributed by atoms with Gasteiger partial charge in [0.05, 0.1) is 24.6 Å². The van der Waals surface area contributed by atoms with E-state index in [2.05, 4.69) is 37.1 Å². The molecule has 2 aromatic rings. The fourth-order valence-electron chi connectivity index (χ4n) is 2.68. The minimum Gasteiger partial charge on any atom is -0.493 e. The Morgan fingerprint density at radius 1 is 1.11 bits per heavy atom. The van der Waals surface area contributed by atoms with E-state index in [1.54, 1.807) is 6.92 Å². The van der Waals surface area contributed by atoms with Crippen molar-refractivity contribution in [1.29, 1.82) is 0 Å². The molecule has 0 aromatic heterocycles. The summed E-state index contributed by atoms with van der Waals surface area (Å²) in [5, 5.41) is 8.40. The Labute approximate surface area is 213 Å². The number of amides is 3. The molecule has 0 unspecified atom stereocenters. The summed E-state index contributed by atoms with van der Waals surface area (Å²) in [7, 11) is 1.35. The van der Waals surface area contributed by atoms with E-state index in [0.29, 0.717) is 12.0 Å². The third-order valence-corrected chi connectivity index (χ3v) is 5.18. The number of carbonyl (C=O) groups excluding carboxylic acids is 3. The van der Waals surface area contributed by atoms with Crippen LogP contribution in [-0.4, -0.2) is 43.7 Å². The largest absolute Gasteiger partial charge is 0.493 e. The molecule has 2 aromatic carbocycles. The van der Waals surface area contributed by atoms with Gasteiger partial charge in [-0.3, -0.25) is 14.4 Å². The van der Waals surface area contributed by atoms with Crippen molar-refractivity contribution in [3.05, 3.63) is 52.0 Å². The number of nitrogens with zero attached hydrogens (tertiary/aromatic N) is 1. The van der Waals surface area contributed by atoms with E-state index in [4.69, 9.17) is 9.47 Å². The van der Waals surface area contributed by atoms with Gasteiger partial charge in [-0.15, -0.1) is 0 Å². The first-order valence-corrected chi connectivity index (χ1v) is 11.3. The Balaban J connectivity index is 1.99. The first-order chi connectivity index (χ1) is 16.9. The molecule has 0 spiro atoms. The summed E-state index contributed by atoms with van der Waals surface area (Å²) in [4.78, 5) is 35.7. The number of methoxy groups -OCH3 is 1. The maximum Gasteiger partial charge on any atom is 0.418 e. The van der Waals surface area contributed by atoms with Gasteiger partial charge in [0, 0.05) is 10.5 Å². The molecule has 0 heterocycles. The number of benzene rings is 2. The van der Waals surface area contributed by atoms with Gasteiger partial charge in [-0.2, -0.15) is 18.3 Å². The molecular weight excluding hydrogens is 549 g/mol. The van der Waals surface area contributed by atoms with Gasteiger partial charge < -0.3 is 20.1 Å². The number of carbonyl (C=O) groups is 3. The molecule has 13 heteroatoms. The Kier molecular flexibility index (Phi) is 10.3. The van der Waals surface area contributed by atoms with E-state index in [0.717, 1.165) is 12.1 Å². The van der Waals surface area contributed by atoms with Crippen LogP contribution in [0, 0.1) is 0 Å². The molecule has 3 amide bonds. The van der Waals surface area contributed by atoms with Crippen LogP contribution in [0.2, 0.25) is 0 Å². The molecule has 0 aliphatic heterocycles. The van der Waals surface area contributed by atoms with E-state index in [-0.39, 0.29) is 22.0 Å². The quantitative estimate of drug-likeness (QED) is 0.239. The second kappa shape index (κ2) is 12.9. The number of ether oxygens (including phenoxy) is 2. The molecular formula is C23H24BrF3N4O5. The average molecular weight is 573 g/mol. The van der Waals surface area contributed by atoms with Crippen LogP contribution < -0.4 is 25.5 Å². The molecule has 194 valence electrons. The number of anilines is 1. The summed E-state index contributed by atoms with van der Waals surface area (Å²) in [6, 6.07) is 7.67. The highest BCUT2D eigenvalue weighted by molar-refractivity contribution is 9.10. The van der Waals surface area contributed by atoms with Crippen molar-refractivity contribution < 1.29 is 37.0 Å². The van der Waals surface area contributed by atoms with Crippen LogP contribution in [0.3, 0.4) is 0 Å². The summed E-state index contributed by atoms with van der Waals surface area (Å²) < 4.78 is 50.5. The third-order valence-electron chi connectivity index (χ3n) is 4.68. The van der Waals surface area contributed by atoms with Crippen LogP contribution in [0.4, 0.5) is 18.9 Å². The van der Waals surface area contributed by atoms with Crippen molar-refractivity contribution in [1.82, 2.24) is 10.7 Å². The third kappa shape index (κ3) is 8.56. The Bertz CT molecular complexity index is 1140. The first-order valence-electron chi connectivity index (χ1n) is 10.6. The summed E-state index contributed by atoms with van der Waals surface area (Å²) in [5.41, 5.74) is 1.16. The summed E-state index contributed by atoms with van der Waals surface area (Å²) in [6.07, 6.45) is -2.73. The first kappa shape index (κ1) is 28.6. The second-order valence-electron chi connectivity index (χ2n) is 7.42. The lowest BCUT2D eigenvalue weighted by Crippen LogP contribution is -2.41. The van der Waals surface area contributed by atoms with Crippen molar-refractivity contribution in [2.75, 3.05) is 19.0 Å². The summed E-state index contributed by atoms with van der Waals surface area (Å²) >= 11 is 2.98. The van der Waals surface area contributed by atoms with Crippen LogP contribution in [0.5, 0.6) is 11.5 Å². The molecule has 2 rings (SSSR count). The Hall–Kier alpha value is -3.61. The minimum absolute atomic E-state index is 0.147. The SMILES string of the molecule is CC[C@H](C)NC(=O)C(=O)N/N=C\c1ccc(OCC(=O)Nc2ccc(Br)cc2C(F)(F)F)c(OC)c1. The van der Waals surface area contributed by atoms with Gasteiger partial charge in [0.1, 0.15) is 0 Å². The standard InChI is InChI=1S/C23H24BrF3N4O5/c1-4-13(2)29-21(33)22(34)31-28-11-14-5-8-18(19(9-14)35-3)36-12-20(32)30-17-7-6-15(24)10-16(17)23(25,26)27/h5-11,13H,4,12H2,1-3H3,(H,29,33)(H,30,32)(H,31,34)/b28-11-/t13-/m0/s1. The average Bonchev–Trinajstić information content (AvgIpc) is 2.83. The molecule has 3 N–H and O–H groups in total. The number of alkyl halides is 3. The molecule has 0 saturated heterocycles. The molecule has 0 aliphatic rings. The van der Waals surface area contributed by atoms with Gasteiger partial charge in [-0.05, 0) is 55.3 Å².